The van der Waals surface area contributed by atoms with E-state index in [9.17, 15) is 39.0 Å². The van der Waals surface area contributed by atoms with Crippen molar-refractivity contribution in [2.24, 2.45) is 46.0 Å². The Bertz CT molecular complexity index is 1130. The number of rotatable bonds is 32. The Hall–Kier alpha value is -3.55. The number of hydrogen-bond donors (Lipinski definition) is 7. The molecule has 0 aromatic heterocycles. The van der Waals surface area contributed by atoms with E-state index in [1.807, 2.05) is 0 Å². The van der Waals surface area contributed by atoms with Gasteiger partial charge in [-0.25, -0.2) is 0 Å². The van der Waals surface area contributed by atoms with Gasteiger partial charge in [-0.15, -0.1) is 0 Å². The van der Waals surface area contributed by atoms with Crippen molar-refractivity contribution < 1.29 is 44.1 Å². The summed E-state index contributed by atoms with van der Waals surface area (Å²) in [5.74, 6) is -4.19. The summed E-state index contributed by atoms with van der Waals surface area (Å²) in [6, 6.07) is -2.44. The monoisotopic (exact) mass is 740 g/mol. The van der Waals surface area contributed by atoms with Crippen LogP contribution in [0, 0.1) is 29.6 Å². The van der Waals surface area contributed by atoms with E-state index in [-0.39, 0.29) is 37.7 Å². The fourth-order valence-corrected chi connectivity index (χ4v) is 6.11. The number of nitrogens with zero attached hydrogens (tertiary/aromatic N) is 1. The van der Waals surface area contributed by atoms with E-state index in [2.05, 4.69) is 50.2 Å². The Morgan fingerprint density at radius 1 is 0.596 bits per heavy atom. The van der Waals surface area contributed by atoms with Gasteiger partial charge in [0.1, 0.15) is 0 Å². The lowest BCUT2D eigenvalue weighted by molar-refractivity contribution is -0.145. The molecule has 0 heterocycles. The maximum absolute atomic E-state index is 13.2. The van der Waals surface area contributed by atoms with Crippen molar-refractivity contribution in [1.82, 2.24) is 10.6 Å². The number of amides is 2. The predicted octanol–water partition coefficient (Wildman–Crippen LogP) is 4.34. The molecule has 0 radical (unpaired) electrons. The molecule has 0 bridgehead atoms. The van der Waals surface area contributed by atoms with Gasteiger partial charge in [0.15, 0.2) is 17.5 Å². The molecule has 0 rings (SSSR count). The van der Waals surface area contributed by atoms with Gasteiger partial charge < -0.3 is 37.4 Å². The van der Waals surface area contributed by atoms with Crippen LogP contribution in [0.5, 0.6) is 0 Å². The lowest BCUT2D eigenvalue weighted by Crippen LogP contribution is -2.44. The van der Waals surface area contributed by atoms with Crippen LogP contribution in [-0.2, 0) is 28.8 Å². The fourth-order valence-electron chi connectivity index (χ4n) is 6.11. The second-order valence-corrected chi connectivity index (χ2v) is 15.2. The SMILES string of the molecule is CC(C)CCCC(C)CCCC(C)CCCC(C)CCC(=O)NC(CCCN=C(N)N)C(=O)CCC(=O)NC(CC(=O)O)C(=O)CC(CO)C(=O)O. The summed E-state index contributed by atoms with van der Waals surface area (Å²) in [6.07, 6.45) is 10.4. The Balaban J connectivity index is 4.92. The molecule has 0 aliphatic rings. The predicted molar refractivity (Wildman–Crippen MR) is 201 cm³/mol. The van der Waals surface area contributed by atoms with Crippen molar-refractivity contribution in [3.8, 4) is 0 Å². The van der Waals surface area contributed by atoms with Crippen molar-refractivity contribution >= 4 is 41.3 Å². The van der Waals surface area contributed by atoms with Gasteiger partial charge in [-0.05, 0) is 42.9 Å². The molecule has 0 saturated heterocycles. The molecule has 6 unspecified atom stereocenters. The van der Waals surface area contributed by atoms with E-state index >= 15 is 0 Å². The molecule has 0 spiro atoms. The second kappa shape index (κ2) is 28.0. The van der Waals surface area contributed by atoms with Gasteiger partial charge in [0.25, 0.3) is 0 Å². The summed E-state index contributed by atoms with van der Waals surface area (Å²) in [5, 5.41) is 32.6. The number of guanidine groups is 1. The van der Waals surface area contributed by atoms with Crippen LogP contribution in [0.1, 0.15) is 144 Å². The minimum atomic E-state index is -1.54. The summed E-state index contributed by atoms with van der Waals surface area (Å²) >= 11 is 0. The number of carboxylic acids is 2. The standard InChI is InChI=1S/C38H69N5O9/c1-25(2)10-6-11-26(3)12-7-13-27(4)14-8-15-28(5)17-19-34(47)42-30(16-9-21-41-38(39)40)32(45)18-20-35(48)43-31(23-36(49)50)33(46)22-29(24-44)37(51)52/h25-31,44H,6-24H2,1-5H3,(H,42,47)(H,43,48)(H,49,50)(H,51,52)(H4,39,40,41). The number of carbonyl (C=O) groups is 6. The number of carbonyl (C=O) groups excluding carboxylic acids is 4. The summed E-state index contributed by atoms with van der Waals surface area (Å²) in [5.41, 5.74) is 10.8. The summed E-state index contributed by atoms with van der Waals surface area (Å²) in [6.45, 7) is 10.8. The molecule has 300 valence electrons. The van der Waals surface area contributed by atoms with Crippen molar-refractivity contribution in [2.45, 2.75) is 156 Å². The first-order chi connectivity index (χ1) is 24.4. The number of aliphatic carboxylic acids is 2. The quantitative estimate of drug-likeness (QED) is 0.0290. The smallest absolute Gasteiger partial charge is 0.309 e. The van der Waals surface area contributed by atoms with Gasteiger partial charge in [0.2, 0.25) is 11.8 Å². The molecule has 0 fully saturated rings. The number of ketones is 2. The Morgan fingerprint density at radius 3 is 1.58 bits per heavy atom. The number of nitrogens with one attached hydrogen (secondary N) is 2. The van der Waals surface area contributed by atoms with Crippen LogP contribution in [0.2, 0.25) is 0 Å². The Kier molecular flexibility index (Phi) is 26.1. The topological polar surface area (TPSA) is 252 Å². The molecule has 0 aliphatic carbocycles. The lowest BCUT2D eigenvalue weighted by atomic mass is 9.90. The molecule has 9 N–H and O–H groups in total. The van der Waals surface area contributed by atoms with Gasteiger partial charge in [0, 0.05) is 32.2 Å². The molecule has 14 nitrogen and oxygen atoms in total. The minimum Gasteiger partial charge on any atom is -0.481 e. The van der Waals surface area contributed by atoms with Crippen LogP contribution in [-0.4, -0.2) is 81.8 Å². The third-order valence-corrected chi connectivity index (χ3v) is 9.52. The van der Waals surface area contributed by atoms with Crippen LogP contribution >= 0.6 is 0 Å². The first-order valence-corrected chi connectivity index (χ1v) is 19.2. The zero-order chi connectivity index (χ0) is 39.6. The molecule has 2 amide bonds. The average molecular weight is 740 g/mol. The van der Waals surface area contributed by atoms with Crippen molar-refractivity contribution in [3.63, 3.8) is 0 Å². The number of carboxylic acid groups (broad SMARTS) is 2. The zero-order valence-electron chi connectivity index (χ0n) is 32.4. The van der Waals surface area contributed by atoms with Gasteiger partial charge in [0.05, 0.1) is 31.0 Å². The van der Waals surface area contributed by atoms with Crippen LogP contribution in [0.15, 0.2) is 4.99 Å². The fraction of sp³-hybridized carbons (Fsp3) is 0.816. The minimum absolute atomic E-state index is 0.104. The Labute approximate surface area is 310 Å². The highest BCUT2D eigenvalue weighted by molar-refractivity contribution is 5.95. The number of hydrogen-bond acceptors (Lipinski definition) is 8. The summed E-state index contributed by atoms with van der Waals surface area (Å²) in [4.78, 5) is 77.7. The first-order valence-electron chi connectivity index (χ1n) is 19.2. The summed E-state index contributed by atoms with van der Waals surface area (Å²) in [7, 11) is 0. The van der Waals surface area contributed by atoms with E-state index in [4.69, 9.17) is 16.6 Å². The normalized spacial score (nSPS) is 14.8. The molecular weight excluding hydrogens is 670 g/mol. The first kappa shape index (κ1) is 48.5. The van der Waals surface area contributed by atoms with Crippen molar-refractivity contribution in [3.05, 3.63) is 0 Å². The average Bonchev–Trinajstić information content (AvgIpc) is 3.05. The maximum Gasteiger partial charge on any atom is 0.309 e. The largest absolute Gasteiger partial charge is 0.481 e. The third-order valence-electron chi connectivity index (χ3n) is 9.52. The number of aliphatic imine (C=N–C) groups is 1. The van der Waals surface area contributed by atoms with E-state index in [0.717, 1.165) is 31.1 Å². The highest BCUT2D eigenvalue weighted by Crippen LogP contribution is 2.23. The van der Waals surface area contributed by atoms with E-state index < -0.39 is 73.3 Å². The molecule has 52 heavy (non-hydrogen) atoms. The van der Waals surface area contributed by atoms with Gasteiger partial charge >= 0.3 is 11.9 Å². The van der Waals surface area contributed by atoms with Crippen molar-refractivity contribution in [2.75, 3.05) is 13.2 Å². The lowest BCUT2D eigenvalue weighted by Gasteiger charge is -2.20. The maximum atomic E-state index is 13.2. The van der Waals surface area contributed by atoms with Gasteiger partial charge in [-0.3, -0.25) is 33.8 Å². The van der Waals surface area contributed by atoms with E-state index in [1.165, 1.54) is 38.5 Å². The third kappa shape index (κ3) is 25.4. The molecule has 6 atom stereocenters. The molecule has 0 aromatic rings. The molecule has 0 aliphatic heterocycles. The number of Topliss-reactive ketones (excluding diaryl/α,β-unsaturated/α-hetero) is 2. The highest BCUT2D eigenvalue weighted by atomic mass is 16.4. The van der Waals surface area contributed by atoms with E-state index in [1.54, 1.807) is 0 Å². The number of aliphatic hydroxyl groups is 1. The molecule has 14 heteroatoms. The highest BCUT2D eigenvalue weighted by Gasteiger charge is 2.29. The van der Waals surface area contributed by atoms with E-state index in [0.29, 0.717) is 24.7 Å². The summed E-state index contributed by atoms with van der Waals surface area (Å²) < 4.78 is 0. The Morgan fingerprint density at radius 2 is 1.10 bits per heavy atom. The second-order valence-electron chi connectivity index (χ2n) is 15.2. The zero-order valence-corrected chi connectivity index (χ0v) is 32.4. The number of nitrogens with two attached hydrogens (primary N) is 2. The number of aliphatic hydroxyl groups excluding tert-OH is 1. The van der Waals surface area contributed by atoms with Crippen LogP contribution in [0.25, 0.3) is 0 Å². The molecular formula is C38H69N5O9. The molecule has 0 saturated carbocycles. The van der Waals surface area contributed by atoms with Crippen LogP contribution in [0.4, 0.5) is 0 Å². The van der Waals surface area contributed by atoms with Crippen molar-refractivity contribution in [1.29, 1.82) is 0 Å². The van der Waals surface area contributed by atoms with Gasteiger partial charge in [-0.2, -0.15) is 0 Å². The van der Waals surface area contributed by atoms with Gasteiger partial charge in [-0.1, -0.05) is 92.4 Å². The van der Waals surface area contributed by atoms with Crippen LogP contribution in [0.3, 0.4) is 0 Å². The molecule has 0 aromatic carbocycles. The van der Waals surface area contributed by atoms with Crippen LogP contribution < -0.4 is 22.1 Å².